The average molecular weight is 371 g/mol. The van der Waals surface area contributed by atoms with E-state index in [1.54, 1.807) is 7.11 Å². The molecule has 0 spiro atoms. The highest BCUT2D eigenvalue weighted by Crippen LogP contribution is 2.34. The number of benzene rings is 1. The molecule has 1 heterocycles. The third-order valence-electron chi connectivity index (χ3n) is 6.22. The molecule has 0 bridgehead atoms. The number of likely N-dealkylation sites (tertiary alicyclic amines) is 1. The zero-order valence-electron chi connectivity index (χ0n) is 16.9. The zero-order chi connectivity index (χ0) is 18.6. The van der Waals surface area contributed by atoms with Gasteiger partial charge in [-0.3, -0.25) is 9.89 Å². The lowest BCUT2D eigenvalue weighted by molar-refractivity contribution is 0.255. The van der Waals surface area contributed by atoms with Gasteiger partial charge in [-0.05, 0) is 55.7 Å². The highest BCUT2D eigenvalue weighted by molar-refractivity contribution is 5.80. The summed E-state index contributed by atoms with van der Waals surface area (Å²) < 4.78 is 5.28. The molecule has 0 amide bonds. The van der Waals surface area contributed by atoms with Gasteiger partial charge in [0.15, 0.2) is 5.96 Å². The maximum Gasteiger partial charge on any atom is 0.193 e. The summed E-state index contributed by atoms with van der Waals surface area (Å²) in [5.74, 6) is 3.55. The lowest BCUT2D eigenvalue weighted by Crippen LogP contribution is -2.44. The van der Waals surface area contributed by atoms with Gasteiger partial charge in [-0.25, -0.2) is 0 Å². The largest absolute Gasteiger partial charge is 0.497 e. The quantitative estimate of drug-likeness (QED) is 0.564. The van der Waals surface area contributed by atoms with Gasteiger partial charge >= 0.3 is 0 Å². The second-order valence-corrected chi connectivity index (χ2v) is 8.35. The molecule has 27 heavy (non-hydrogen) atoms. The van der Waals surface area contributed by atoms with Crippen molar-refractivity contribution in [1.29, 1.82) is 0 Å². The first-order chi connectivity index (χ1) is 13.3. The van der Waals surface area contributed by atoms with Crippen molar-refractivity contribution in [1.82, 2.24) is 15.1 Å². The van der Waals surface area contributed by atoms with E-state index in [1.807, 2.05) is 7.05 Å². The summed E-state index contributed by atoms with van der Waals surface area (Å²) in [6, 6.07) is 9.40. The molecule has 0 radical (unpaired) electrons. The molecule has 1 atom stereocenters. The lowest BCUT2D eigenvalue weighted by atomic mass is 9.98. The van der Waals surface area contributed by atoms with Crippen LogP contribution in [0, 0.1) is 5.92 Å². The fourth-order valence-corrected chi connectivity index (χ4v) is 4.24. The molecule has 1 saturated heterocycles. The van der Waals surface area contributed by atoms with E-state index >= 15 is 0 Å². The van der Waals surface area contributed by atoms with Crippen LogP contribution in [0.4, 0.5) is 0 Å². The number of nitrogens with one attached hydrogen (secondary N) is 1. The summed E-state index contributed by atoms with van der Waals surface area (Å²) in [6.45, 7) is 5.58. The number of hydrogen-bond acceptors (Lipinski definition) is 3. The van der Waals surface area contributed by atoms with Crippen molar-refractivity contribution in [3.8, 4) is 5.75 Å². The van der Waals surface area contributed by atoms with E-state index in [-0.39, 0.29) is 0 Å². The molecular weight excluding hydrogens is 336 g/mol. The Morgan fingerprint density at radius 3 is 2.59 bits per heavy atom. The fraction of sp³-hybridized carbons (Fsp3) is 0.682. The van der Waals surface area contributed by atoms with Crippen LogP contribution in [0.1, 0.15) is 43.6 Å². The number of ether oxygens (including phenoxy) is 1. The summed E-state index contributed by atoms with van der Waals surface area (Å²) in [5, 5.41) is 3.62. The Balaban J connectivity index is 1.25. The molecule has 1 aromatic rings. The molecule has 5 nitrogen and oxygen atoms in total. The van der Waals surface area contributed by atoms with Crippen LogP contribution in [0.25, 0.3) is 0 Å². The topological polar surface area (TPSA) is 40.1 Å². The van der Waals surface area contributed by atoms with Gasteiger partial charge < -0.3 is 15.0 Å². The molecular formula is C22H34N4O. The predicted molar refractivity (Wildman–Crippen MR) is 111 cm³/mol. The Hall–Kier alpha value is -1.75. The van der Waals surface area contributed by atoms with Gasteiger partial charge in [0.2, 0.25) is 0 Å². The van der Waals surface area contributed by atoms with Gasteiger partial charge in [0.05, 0.1) is 7.11 Å². The maximum absolute atomic E-state index is 5.28. The maximum atomic E-state index is 5.28. The van der Waals surface area contributed by atoms with Crippen molar-refractivity contribution in [3.63, 3.8) is 0 Å². The van der Waals surface area contributed by atoms with Crippen LogP contribution in [0.3, 0.4) is 0 Å². The molecule has 1 aliphatic heterocycles. The van der Waals surface area contributed by atoms with Crippen LogP contribution in [-0.4, -0.2) is 68.7 Å². The molecule has 2 aliphatic carbocycles. The van der Waals surface area contributed by atoms with Crippen molar-refractivity contribution in [2.24, 2.45) is 10.9 Å². The second kappa shape index (κ2) is 8.51. The van der Waals surface area contributed by atoms with Gasteiger partial charge in [0.1, 0.15) is 5.75 Å². The first-order valence-corrected chi connectivity index (χ1v) is 10.6. The molecule has 5 heteroatoms. The van der Waals surface area contributed by atoms with Crippen LogP contribution in [0.2, 0.25) is 0 Å². The van der Waals surface area contributed by atoms with E-state index in [4.69, 9.17) is 4.74 Å². The summed E-state index contributed by atoms with van der Waals surface area (Å²) >= 11 is 0. The van der Waals surface area contributed by atoms with Crippen molar-refractivity contribution in [3.05, 3.63) is 29.8 Å². The van der Waals surface area contributed by atoms with Crippen molar-refractivity contribution >= 4 is 5.96 Å². The average Bonchev–Trinajstić information content (AvgIpc) is 3.63. The number of guanidine groups is 1. The lowest BCUT2D eigenvalue weighted by Gasteiger charge is -2.25. The first-order valence-electron chi connectivity index (χ1n) is 10.6. The summed E-state index contributed by atoms with van der Waals surface area (Å²) in [6.07, 6.45) is 6.87. The van der Waals surface area contributed by atoms with Crippen molar-refractivity contribution < 1.29 is 4.74 Å². The number of nitrogens with zero attached hydrogens (tertiary/aromatic N) is 3. The number of rotatable bonds is 8. The minimum atomic E-state index is 0.576. The van der Waals surface area contributed by atoms with E-state index in [9.17, 15) is 0 Å². The normalized spacial score (nSPS) is 23.1. The predicted octanol–water partition coefficient (Wildman–Crippen LogP) is 2.93. The van der Waals surface area contributed by atoms with Crippen LogP contribution < -0.4 is 10.1 Å². The number of aliphatic imine (C=N–C) groups is 1. The first kappa shape index (κ1) is 18.6. The third kappa shape index (κ3) is 4.95. The van der Waals surface area contributed by atoms with Gasteiger partial charge in [-0.1, -0.05) is 12.1 Å². The molecule has 1 unspecified atom stereocenters. The van der Waals surface area contributed by atoms with E-state index in [2.05, 4.69) is 44.4 Å². The van der Waals surface area contributed by atoms with E-state index in [0.29, 0.717) is 5.92 Å². The third-order valence-corrected chi connectivity index (χ3v) is 6.22. The van der Waals surface area contributed by atoms with Gasteiger partial charge in [-0.15, -0.1) is 0 Å². The minimum absolute atomic E-state index is 0.576. The van der Waals surface area contributed by atoms with Gasteiger partial charge in [-0.2, -0.15) is 0 Å². The van der Waals surface area contributed by atoms with Crippen molar-refractivity contribution in [2.45, 2.75) is 44.1 Å². The Kier molecular flexibility index (Phi) is 5.86. The van der Waals surface area contributed by atoms with Crippen molar-refractivity contribution in [2.75, 3.05) is 46.9 Å². The number of hydrogen-bond donors (Lipinski definition) is 1. The SMILES string of the molecule is CN=C(NCCN(CC1CC1)C1CC1)N1CCC(c2ccc(OC)cc2)C1. The highest BCUT2D eigenvalue weighted by Gasteiger charge is 2.33. The minimum Gasteiger partial charge on any atom is -0.497 e. The molecule has 4 rings (SSSR count). The molecule has 2 saturated carbocycles. The van der Waals surface area contributed by atoms with Gasteiger partial charge in [0, 0.05) is 51.7 Å². The Labute approximate surface area is 163 Å². The molecule has 3 aliphatic rings. The fourth-order valence-electron chi connectivity index (χ4n) is 4.24. The number of methoxy groups -OCH3 is 1. The Morgan fingerprint density at radius 2 is 1.96 bits per heavy atom. The molecule has 0 aromatic heterocycles. The van der Waals surface area contributed by atoms with Crippen LogP contribution in [0.15, 0.2) is 29.3 Å². The molecule has 148 valence electrons. The second-order valence-electron chi connectivity index (χ2n) is 8.35. The van der Waals surface area contributed by atoms with Crippen LogP contribution in [-0.2, 0) is 0 Å². The molecule has 1 aromatic carbocycles. The molecule has 1 N–H and O–H groups in total. The van der Waals surface area contributed by atoms with E-state index < -0.39 is 0 Å². The summed E-state index contributed by atoms with van der Waals surface area (Å²) in [4.78, 5) is 9.67. The smallest absolute Gasteiger partial charge is 0.193 e. The summed E-state index contributed by atoms with van der Waals surface area (Å²) in [7, 11) is 3.63. The van der Waals surface area contributed by atoms with E-state index in [0.717, 1.165) is 49.8 Å². The zero-order valence-corrected chi connectivity index (χ0v) is 16.9. The van der Waals surface area contributed by atoms with Crippen LogP contribution >= 0.6 is 0 Å². The van der Waals surface area contributed by atoms with Gasteiger partial charge in [0.25, 0.3) is 0 Å². The monoisotopic (exact) mass is 370 g/mol. The van der Waals surface area contributed by atoms with Crippen LogP contribution in [0.5, 0.6) is 5.75 Å². The Bertz CT molecular complexity index is 636. The summed E-state index contributed by atoms with van der Waals surface area (Å²) in [5.41, 5.74) is 1.40. The highest BCUT2D eigenvalue weighted by atomic mass is 16.5. The Morgan fingerprint density at radius 1 is 1.19 bits per heavy atom. The van der Waals surface area contributed by atoms with E-state index in [1.165, 1.54) is 44.2 Å². The standard InChI is InChI=1S/C22H34N4O/c1-23-22(24-12-14-25(20-7-8-20)15-17-3-4-17)26-13-11-19(16-26)18-5-9-21(27-2)10-6-18/h5-6,9-10,17,19-20H,3-4,7-8,11-16H2,1-2H3,(H,23,24). The molecule has 3 fully saturated rings.